The Morgan fingerprint density at radius 3 is 2.93 bits per heavy atom. The summed E-state index contributed by atoms with van der Waals surface area (Å²) in [6.07, 6.45) is 0.665. The molecule has 2 rings (SSSR count). The second-order valence-corrected chi connectivity index (χ2v) is 3.37. The molecular weight excluding hydrogens is 200 g/mol. The van der Waals surface area contributed by atoms with Gasteiger partial charge in [-0.3, -0.25) is 9.59 Å². The molecule has 0 aromatic carbocycles. The molecule has 0 aliphatic carbocycles. The first-order valence-corrected chi connectivity index (χ1v) is 4.82. The number of H-pyrrole nitrogens is 1. The van der Waals surface area contributed by atoms with E-state index in [-0.39, 0.29) is 5.78 Å². The molecule has 0 spiro atoms. The van der Waals surface area contributed by atoms with E-state index in [4.69, 9.17) is 0 Å². The topological polar surface area (TPSA) is 62.8 Å². The number of aromatic nitrogens is 2. The van der Waals surface area contributed by atoms with E-state index in [1.807, 2.05) is 0 Å². The normalized spacial score (nSPS) is 10.0. The highest BCUT2D eigenvalue weighted by molar-refractivity contribution is 7.07. The third-order valence-corrected chi connectivity index (χ3v) is 2.33. The van der Waals surface area contributed by atoms with Crippen molar-refractivity contribution >= 4 is 23.4 Å². The van der Waals surface area contributed by atoms with E-state index in [0.29, 0.717) is 23.4 Å². The summed E-state index contributed by atoms with van der Waals surface area (Å²) in [6, 6.07) is 3.14. The molecule has 0 saturated heterocycles. The highest BCUT2D eigenvalue weighted by atomic mass is 32.1. The van der Waals surface area contributed by atoms with E-state index in [0.717, 1.165) is 0 Å². The van der Waals surface area contributed by atoms with Gasteiger partial charge >= 0.3 is 0 Å². The van der Waals surface area contributed by atoms with Crippen LogP contribution in [0.3, 0.4) is 0 Å². The first-order chi connectivity index (χ1) is 6.81. The lowest BCUT2D eigenvalue weighted by Crippen LogP contribution is -2.01. The number of hydrogen-bond acceptors (Lipinski definition) is 4. The Hall–Kier alpha value is -1.75. The number of carbonyl (C=O) groups is 2. The summed E-state index contributed by atoms with van der Waals surface area (Å²) in [6.45, 7) is 0. The first-order valence-electron chi connectivity index (χ1n) is 3.88. The average Bonchev–Trinajstić information content (AvgIpc) is 2.88. The molecule has 2 aromatic heterocycles. The van der Waals surface area contributed by atoms with Gasteiger partial charge in [0.25, 0.3) is 0 Å². The van der Waals surface area contributed by atoms with Gasteiger partial charge in [-0.25, -0.2) is 4.98 Å². The van der Waals surface area contributed by atoms with E-state index < -0.39 is 0 Å². The molecule has 0 aliphatic rings. The minimum Gasteiger partial charge on any atom is -0.350 e. The lowest BCUT2D eigenvalue weighted by atomic mass is 10.2. The number of aldehydes is 1. The van der Waals surface area contributed by atoms with E-state index >= 15 is 0 Å². The van der Waals surface area contributed by atoms with Crippen molar-refractivity contribution in [2.45, 2.75) is 0 Å². The van der Waals surface area contributed by atoms with Crippen molar-refractivity contribution in [1.82, 2.24) is 9.97 Å². The zero-order valence-corrected chi connectivity index (χ0v) is 7.88. The Balaban J connectivity index is 2.32. The van der Waals surface area contributed by atoms with Crippen molar-refractivity contribution in [3.8, 4) is 0 Å². The number of carbonyl (C=O) groups excluding carboxylic acids is 2. The summed E-state index contributed by atoms with van der Waals surface area (Å²) in [7, 11) is 0. The number of thiazole rings is 1. The highest BCUT2D eigenvalue weighted by Gasteiger charge is 2.12. The summed E-state index contributed by atoms with van der Waals surface area (Å²) in [5.74, 6) is -0.195. The van der Waals surface area contributed by atoms with Crippen molar-refractivity contribution in [2.75, 3.05) is 0 Å². The molecule has 0 bridgehead atoms. The monoisotopic (exact) mass is 206 g/mol. The number of hydrogen-bond donors (Lipinski definition) is 1. The van der Waals surface area contributed by atoms with Crippen LogP contribution >= 0.6 is 11.3 Å². The van der Waals surface area contributed by atoms with Gasteiger partial charge in [-0.15, -0.1) is 11.3 Å². The van der Waals surface area contributed by atoms with E-state index in [1.54, 1.807) is 23.0 Å². The van der Waals surface area contributed by atoms with Crippen LogP contribution in [0.15, 0.2) is 23.0 Å². The lowest BCUT2D eigenvalue weighted by molar-refractivity contribution is 0.103. The minimum atomic E-state index is -0.195. The predicted octanol–water partition coefficient (Wildman–Crippen LogP) is 1.51. The second-order valence-electron chi connectivity index (χ2n) is 2.65. The van der Waals surface area contributed by atoms with Gasteiger partial charge in [0.1, 0.15) is 5.69 Å². The Bertz CT molecular complexity index is 459. The summed E-state index contributed by atoms with van der Waals surface area (Å²) < 4.78 is 0. The second kappa shape index (κ2) is 3.55. The molecule has 4 nitrogen and oxygen atoms in total. The molecule has 0 radical (unpaired) electrons. The highest BCUT2D eigenvalue weighted by Crippen LogP contribution is 2.09. The maximum atomic E-state index is 11.6. The fourth-order valence-corrected chi connectivity index (χ4v) is 1.61. The summed E-state index contributed by atoms with van der Waals surface area (Å²) in [4.78, 5) is 28.6. The van der Waals surface area contributed by atoms with Crippen molar-refractivity contribution < 1.29 is 9.59 Å². The Labute approximate surface area is 83.6 Å². The maximum Gasteiger partial charge on any atom is 0.228 e. The fourth-order valence-electron chi connectivity index (χ4n) is 1.08. The van der Waals surface area contributed by atoms with E-state index in [2.05, 4.69) is 9.97 Å². The SMILES string of the molecule is O=Cc1ccc(C(=O)c2cscn2)[nH]1. The van der Waals surface area contributed by atoms with Crippen LogP contribution in [0.2, 0.25) is 0 Å². The van der Waals surface area contributed by atoms with Crippen LogP contribution in [-0.2, 0) is 0 Å². The third-order valence-electron chi connectivity index (χ3n) is 1.75. The smallest absolute Gasteiger partial charge is 0.228 e. The standard InChI is InChI=1S/C9H6N2O2S/c12-3-6-1-2-7(11-6)9(13)8-4-14-5-10-8/h1-5,11H. The third kappa shape index (κ3) is 1.49. The van der Waals surface area contributed by atoms with Gasteiger partial charge in [0.05, 0.1) is 16.9 Å². The van der Waals surface area contributed by atoms with Crippen molar-refractivity contribution in [3.63, 3.8) is 0 Å². The average molecular weight is 206 g/mol. The largest absolute Gasteiger partial charge is 0.350 e. The number of nitrogens with one attached hydrogen (secondary N) is 1. The molecule has 14 heavy (non-hydrogen) atoms. The molecule has 1 N–H and O–H groups in total. The fraction of sp³-hybridized carbons (Fsp3) is 0. The first kappa shape index (κ1) is 8.83. The van der Waals surface area contributed by atoms with Crippen LogP contribution in [0.1, 0.15) is 26.7 Å². The lowest BCUT2D eigenvalue weighted by Gasteiger charge is -1.91. The van der Waals surface area contributed by atoms with Crippen molar-refractivity contribution in [2.24, 2.45) is 0 Å². The number of aromatic amines is 1. The molecule has 0 saturated carbocycles. The molecule has 70 valence electrons. The summed E-state index contributed by atoms with van der Waals surface area (Å²) >= 11 is 1.36. The quantitative estimate of drug-likeness (QED) is 0.611. The van der Waals surface area contributed by atoms with E-state index in [9.17, 15) is 9.59 Å². The van der Waals surface area contributed by atoms with Crippen LogP contribution in [0, 0.1) is 0 Å². The molecule has 0 fully saturated rings. The van der Waals surface area contributed by atoms with Crippen LogP contribution in [0.25, 0.3) is 0 Å². The molecular formula is C9H6N2O2S. The molecule has 2 aromatic rings. The van der Waals surface area contributed by atoms with E-state index in [1.165, 1.54) is 11.3 Å². The van der Waals surface area contributed by atoms with Gasteiger partial charge in [-0.1, -0.05) is 0 Å². The van der Waals surface area contributed by atoms with Gasteiger partial charge in [0.2, 0.25) is 5.78 Å². The van der Waals surface area contributed by atoms with Gasteiger partial charge in [0, 0.05) is 5.38 Å². The predicted molar refractivity (Wildman–Crippen MR) is 51.7 cm³/mol. The van der Waals surface area contributed by atoms with Crippen LogP contribution in [0.5, 0.6) is 0 Å². The van der Waals surface area contributed by atoms with Gasteiger partial charge in [-0.2, -0.15) is 0 Å². The van der Waals surface area contributed by atoms with Crippen LogP contribution < -0.4 is 0 Å². The Kier molecular flexibility index (Phi) is 2.24. The number of rotatable bonds is 3. The van der Waals surface area contributed by atoms with Crippen molar-refractivity contribution in [1.29, 1.82) is 0 Å². The zero-order valence-electron chi connectivity index (χ0n) is 7.06. The molecule has 5 heteroatoms. The maximum absolute atomic E-state index is 11.6. The number of ketones is 1. The molecule has 0 atom stereocenters. The van der Waals surface area contributed by atoms with Gasteiger partial charge in [0.15, 0.2) is 6.29 Å². The van der Waals surface area contributed by atoms with Gasteiger partial charge in [-0.05, 0) is 12.1 Å². The number of nitrogens with zero attached hydrogens (tertiary/aromatic N) is 1. The zero-order chi connectivity index (χ0) is 9.97. The minimum absolute atomic E-state index is 0.195. The summed E-state index contributed by atoms with van der Waals surface area (Å²) in [5.41, 5.74) is 2.77. The van der Waals surface area contributed by atoms with Crippen LogP contribution in [0.4, 0.5) is 0 Å². The van der Waals surface area contributed by atoms with Gasteiger partial charge < -0.3 is 4.98 Å². The molecule has 0 amide bonds. The van der Waals surface area contributed by atoms with Crippen LogP contribution in [-0.4, -0.2) is 22.0 Å². The molecule has 0 unspecified atom stereocenters. The molecule has 0 aliphatic heterocycles. The Morgan fingerprint density at radius 1 is 1.50 bits per heavy atom. The van der Waals surface area contributed by atoms with Crippen molar-refractivity contribution in [3.05, 3.63) is 40.1 Å². The Morgan fingerprint density at radius 2 is 2.36 bits per heavy atom. The molecule has 2 heterocycles. The summed E-state index contributed by atoms with van der Waals surface area (Å²) in [5, 5.41) is 1.67.